The largest absolute Gasteiger partial charge is 0.324 e. The highest BCUT2D eigenvalue weighted by molar-refractivity contribution is 7.92. The number of carbonyl (C=O) groups is 1. The molecule has 1 amide bonds. The average molecular weight is 372 g/mol. The number of aryl methyl sites for hydroxylation is 1. The highest BCUT2D eigenvalue weighted by Gasteiger charge is 2.15. The van der Waals surface area contributed by atoms with Gasteiger partial charge in [0.2, 0.25) is 5.91 Å². The van der Waals surface area contributed by atoms with Gasteiger partial charge in [0.05, 0.1) is 16.8 Å². The lowest BCUT2D eigenvalue weighted by atomic mass is 10.3. The summed E-state index contributed by atoms with van der Waals surface area (Å²) in [6, 6.07) is 10.8. The molecule has 0 aliphatic heterocycles. The zero-order valence-corrected chi connectivity index (χ0v) is 14.6. The zero-order chi connectivity index (χ0) is 18.6. The van der Waals surface area contributed by atoms with E-state index in [-0.39, 0.29) is 23.2 Å². The molecule has 3 aromatic rings. The number of hydrogen-bond acceptors (Lipinski definition) is 6. The number of nitrogens with one attached hydrogen (secondary N) is 2. The van der Waals surface area contributed by atoms with Crippen molar-refractivity contribution in [3.63, 3.8) is 0 Å². The molecule has 0 saturated heterocycles. The van der Waals surface area contributed by atoms with Crippen molar-refractivity contribution in [1.29, 1.82) is 0 Å². The number of hydrogen-bond donors (Lipinski definition) is 2. The Labute approximate surface area is 150 Å². The summed E-state index contributed by atoms with van der Waals surface area (Å²) in [4.78, 5) is 16.0. The molecular formula is C16H16N6O3S. The zero-order valence-electron chi connectivity index (χ0n) is 13.8. The van der Waals surface area contributed by atoms with Gasteiger partial charge >= 0.3 is 0 Å². The summed E-state index contributed by atoms with van der Waals surface area (Å²) in [5.41, 5.74) is 1.24. The summed E-state index contributed by atoms with van der Waals surface area (Å²) in [7, 11) is -3.75. The van der Waals surface area contributed by atoms with E-state index in [1.165, 1.54) is 35.1 Å². The molecule has 0 aliphatic carbocycles. The lowest BCUT2D eigenvalue weighted by Crippen LogP contribution is -2.20. The number of sulfonamides is 1. The first-order valence-corrected chi connectivity index (χ1v) is 9.11. The van der Waals surface area contributed by atoms with E-state index in [0.29, 0.717) is 5.69 Å². The van der Waals surface area contributed by atoms with Crippen LogP contribution in [0.2, 0.25) is 0 Å². The molecule has 2 heterocycles. The topological polar surface area (TPSA) is 119 Å². The summed E-state index contributed by atoms with van der Waals surface area (Å²) < 4.78 is 28.5. The molecule has 3 rings (SSSR count). The third kappa shape index (κ3) is 4.22. The summed E-state index contributed by atoms with van der Waals surface area (Å²) in [6.45, 7) is 1.81. The maximum Gasteiger partial charge on any atom is 0.263 e. The van der Waals surface area contributed by atoms with E-state index in [1.807, 2.05) is 0 Å². The SMILES string of the molecule is Cc1cnnn1CC(=O)Nc1ccc(S(=O)(=O)Nc2ccccn2)cc1. The molecule has 0 saturated carbocycles. The minimum Gasteiger partial charge on any atom is -0.324 e. The minimum absolute atomic E-state index is 0.0209. The van der Waals surface area contributed by atoms with E-state index < -0.39 is 10.0 Å². The lowest BCUT2D eigenvalue weighted by Gasteiger charge is -2.09. The van der Waals surface area contributed by atoms with Gasteiger partial charge in [-0.15, -0.1) is 5.10 Å². The van der Waals surface area contributed by atoms with Gasteiger partial charge in [0, 0.05) is 11.9 Å². The Morgan fingerprint density at radius 1 is 1.15 bits per heavy atom. The van der Waals surface area contributed by atoms with Crippen LogP contribution < -0.4 is 10.0 Å². The Balaban J connectivity index is 1.66. The predicted molar refractivity (Wildman–Crippen MR) is 94.9 cm³/mol. The Kier molecular flexibility index (Phi) is 4.94. The number of rotatable bonds is 6. The number of anilines is 2. The van der Waals surface area contributed by atoms with Crippen LogP contribution in [0.1, 0.15) is 5.69 Å². The smallest absolute Gasteiger partial charge is 0.263 e. The van der Waals surface area contributed by atoms with E-state index in [4.69, 9.17) is 0 Å². The van der Waals surface area contributed by atoms with Crippen LogP contribution in [0.25, 0.3) is 0 Å². The van der Waals surface area contributed by atoms with Crippen LogP contribution in [0.4, 0.5) is 11.5 Å². The normalized spacial score (nSPS) is 11.1. The summed E-state index contributed by atoms with van der Waals surface area (Å²) in [5, 5.41) is 10.2. The van der Waals surface area contributed by atoms with Crippen LogP contribution in [0.15, 0.2) is 59.8 Å². The van der Waals surface area contributed by atoms with Crippen molar-refractivity contribution in [2.24, 2.45) is 0 Å². The molecule has 26 heavy (non-hydrogen) atoms. The molecule has 0 unspecified atom stereocenters. The third-order valence-corrected chi connectivity index (χ3v) is 4.83. The van der Waals surface area contributed by atoms with Gasteiger partial charge in [-0.1, -0.05) is 11.3 Å². The second-order valence-corrected chi connectivity index (χ2v) is 7.11. The van der Waals surface area contributed by atoms with Gasteiger partial charge < -0.3 is 5.32 Å². The molecule has 2 N–H and O–H groups in total. The maximum atomic E-state index is 12.3. The standard InChI is InChI=1S/C16H16N6O3S/c1-12-10-18-21-22(12)11-16(23)19-13-5-7-14(8-6-13)26(24,25)20-15-4-2-3-9-17-15/h2-10H,11H2,1H3,(H,17,20)(H,19,23). The van der Waals surface area contributed by atoms with Crippen molar-refractivity contribution in [1.82, 2.24) is 20.0 Å². The second kappa shape index (κ2) is 7.31. The van der Waals surface area contributed by atoms with Crippen LogP contribution in [-0.2, 0) is 21.4 Å². The fourth-order valence-electron chi connectivity index (χ4n) is 2.14. The Hall–Kier alpha value is -3.27. The average Bonchev–Trinajstić information content (AvgIpc) is 3.00. The van der Waals surface area contributed by atoms with Crippen molar-refractivity contribution in [3.8, 4) is 0 Å². The molecule has 0 atom stereocenters. The van der Waals surface area contributed by atoms with Crippen molar-refractivity contribution < 1.29 is 13.2 Å². The van der Waals surface area contributed by atoms with E-state index in [1.54, 1.807) is 31.3 Å². The van der Waals surface area contributed by atoms with E-state index in [0.717, 1.165) is 5.69 Å². The molecular weight excluding hydrogens is 356 g/mol. The van der Waals surface area contributed by atoms with Gasteiger partial charge in [0.1, 0.15) is 12.4 Å². The molecule has 10 heteroatoms. The lowest BCUT2D eigenvalue weighted by molar-refractivity contribution is -0.117. The highest BCUT2D eigenvalue weighted by Crippen LogP contribution is 2.17. The second-order valence-electron chi connectivity index (χ2n) is 5.43. The van der Waals surface area contributed by atoms with Crippen LogP contribution in [0.3, 0.4) is 0 Å². The maximum absolute atomic E-state index is 12.3. The van der Waals surface area contributed by atoms with Crippen LogP contribution in [0, 0.1) is 6.92 Å². The quantitative estimate of drug-likeness (QED) is 0.675. The summed E-state index contributed by atoms with van der Waals surface area (Å²) in [5.74, 6) is -0.0612. The minimum atomic E-state index is -3.75. The number of benzene rings is 1. The first-order chi connectivity index (χ1) is 12.4. The molecule has 0 aliphatic rings. The van der Waals surface area contributed by atoms with Crippen LogP contribution >= 0.6 is 0 Å². The van der Waals surface area contributed by atoms with Crippen molar-refractivity contribution >= 4 is 27.4 Å². The molecule has 0 radical (unpaired) electrons. The van der Waals surface area contributed by atoms with Crippen molar-refractivity contribution in [3.05, 3.63) is 60.6 Å². The van der Waals surface area contributed by atoms with E-state index in [2.05, 4.69) is 25.3 Å². The predicted octanol–water partition coefficient (Wildman–Crippen LogP) is 1.42. The first-order valence-electron chi connectivity index (χ1n) is 7.63. The van der Waals surface area contributed by atoms with Crippen molar-refractivity contribution in [2.75, 3.05) is 10.0 Å². The van der Waals surface area contributed by atoms with Gasteiger partial charge in [-0.05, 0) is 43.3 Å². The van der Waals surface area contributed by atoms with Gasteiger partial charge in [0.25, 0.3) is 10.0 Å². The number of nitrogens with zero attached hydrogens (tertiary/aromatic N) is 4. The summed E-state index contributed by atoms with van der Waals surface area (Å²) in [6.07, 6.45) is 3.05. The van der Waals surface area contributed by atoms with Crippen LogP contribution in [0.5, 0.6) is 0 Å². The Morgan fingerprint density at radius 2 is 1.92 bits per heavy atom. The fraction of sp³-hybridized carbons (Fsp3) is 0.125. The fourth-order valence-corrected chi connectivity index (χ4v) is 3.15. The van der Waals surface area contributed by atoms with Gasteiger partial charge in [-0.3, -0.25) is 9.52 Å². The molecule has 0 spiro atoms. The van der Waals surface area contributed by atoms with E-state index in [9.17, 15) is 13.2 Å². The van der Waals surface area contributed by atoms with Crippen molar-refractivity contribution in [2.45, 2.75) is 18.4 Å². The van der Waals surface area contributed by atoms with Gasteiger partial charge in [0.15, 0.2) is 0 Å². The monoisotopic (exact) mass is 372 g/mol. The number of aromatic nitrogens is 4. The number of amides is 1. The highest BCUT2D eigenvalue weighted by atomic mass is 32.2. The molecule has 0 bridgehead atoms. The number of carbonyl (C=O) groups excluding carboxylic acids is 1. The van der Waals surface area contributed by atoms with E-state index >= 15 is 0 Å². The molecule has 9 nitrogen and oxygen atoms in total. The number of pyridine rings is 1. The van der Waals surface area contributed by atoms with Crippen LogP contribution in [-0.4, -0.2) is 34.3 Å². The van der Waals surface area contributed by atoms with Gasteiger partial charge in [-0.25, -0.2) is 18.1 Å². The molecule has 134 valence electrons. The first kappa shape index (κ1) is 17.5. The Bertz CT molecular complexity index is 1000. The van der Waals surface area contributed by atoms with Gasteiger partial charge in [-0.2, -0.15) is 0 Å². The summed E-state index contributed by atoms with van der Waals surface area (Å²) >= 11 is 0. The molecule has 0 fully saturated rings. The Morgan fingerprint density at radius 3 is 2.54 bits per heavy atom. The third-order valence-electron chi connectivity index (χ3n) is 3.46. The molecule has 2 aromatic heterocycles. The molecule has 1 aromatic carbocycles.